The first kappa shape index (κ1) is 20.8. The smallest absolute Gasteiger partial charge is 0.262 e. The highest BCUT2D eigenvalue weighted by atomic mass is 16.5. The second kappa shape index (κ2) is 10.6. The molecule has 0 spiro atoms. The first-order valence-corrected chi connectivity index (χ1v) is 9.93. The number of morpholine rings is 1. The first-order valence-electron chi connectivity index (χ1n) is 9.93. The van der Waals surface area contributed by atoms with E-state index in [1.54, 1.807) is 13.2 Å². The van der Waals surface area contributed by atoms with E-state index in [0.29, 0.717) is 26.4 Å². The van der Waals surface area contributed by atoms with Crippen LogP contribution in [-0.2, 0) is 14.3 Å². The molecule has 6 nitrogen and oxygen atoms in total. The van der Waals surface area contributed by atoms with Crippen LogP contribution in [0.1, 0.15) is 18.4 Å². The summed E-state index contributed by atoms with van der Waals surface area (Å²) >= 11 is 0. The number of carbonyl (C=O) groups is 1. The standard InChI is InChI=1S/C23H27N3O3/c1-28-12-9-25-23(27)21(17-24)16-20-8-7-19(15-18-5-3-2-4-6-18)22(20)26-10-13-29-14-11-26/h2-6,15-16H,7-14H2,1H3,(H,25,27)/b19-15+,21-16-. The quantitative estimate of drug-likeness (QED) is 0.438. The van der Waals surface area contributed by atoms with Crippen LogP contribution in [-0.4, -0.2) is 57.4 Å². The average Bonchev–Trinajstić information content (AvgIpc) is 3.15. The van der Waals surface area contributed by atoms with E-state index in [4.69, 9.17) is 9.47 Å². The number of methoxy groups -OCH3 is 1. The molecule has 1 aliphatic heterocycles. The van der Waals surface area contributed by atoms with Crippen LogP contribution in [0.5, 0.6) is 0 Å². The molecule has 29 heavy (non-hydrogen) atoms. The third-order valence-corrected chi connectivity index (χ3v) is 5.02. The SMILES string of the molecule is COCCNC(=O)/C(C#N)=C\C1=C(N2CCOCC2)C(=C/c2ccccc2)/CC1. The number of allylic oxidation sites excluding steroid dienone is 3. The Morgan fingerprint density at radius 3 is 2.72 bits per heavy atom. The molecule has 0 aromatic heterocycles. The maximum absolute atomic E-state index is 12.4. The predicted molar refractivity (Wildman–Crippen MR) is 112 cm³/mol. The fourth-order valence-corrected chi connectivity index (χ4v) is 3.62. The maximum atomic E-state index is 12.4. The van der Waals surface area contributed by atoms with Crippen LogP contribution in [0.4, 0.5) is 0 Å². The minimum Gasteiger partial charge on any atom is -0.383 e. The molecule has 1 aromatic rings. The van der Waals surface area contributed by atoms with Crippen molar-refractivity contribution >= 4 is 12.0 Å². The number of nitriles is 1. The van der Waals surface area contributed by atoms with E-state index in [1.165, 1.54) is 5.57 Å². The van der Waals surface area contributed by atoms with Gasteiger partial charge in [-0.1, -0.05) is 30.3 Å². The van der Waals surface area contributed by atoms with Crippen molar-refractivity contribution < 1.29 is 14.3 Å². The zero-order valence-corrected chi connectivity index (χ0v) is 16.8. The number of nitrogens with one attached hydrogen (secondary N) is 1. The van der Waals surface area contributed by atoms with E-state index in [0.717, 1.165) is 42.8 Å². The highest BCUT2D eigenvalue weighted by Crippen LogP contribution is 2.36. The van der Waals surface area contributed by atoms with Crippen molar-refractivity contribution in [2.75, 3.05) is 46.6 Å². The van der Waals surface area contributed by atoms with E-state index in [-0.39, 0.29) is 11.5 Å². The second-order valence-electron chi connectivity index (χ2n) is 6.97. The first-order chi connectivity index (χ1) is 14.2. The molecule has 2 aliphatic rings. The zero-order valence-electron chi connectivity index (χ0n) is 16.8. The third kappa shape index (κ3) is 5.57. The van der Waals surface area contributed by atoms with Crippen molar-refractivity contribution in [3.63, 3.8) is 0 Å². The molecule has 0 saturated carbocycles. The van der Waals surface area contributed by atoms with Gasteiger partial charge in [0.25, 0.3) is 5.91 Å². The number of hydrogen-bond donors (Lipinski definition) is 1. The van der Waals surface area contributed by atoms with E-state index in [2.05, 4.69) is 34.5 Å². The number of amides is 1. The molecule has 0 bridgehead atoms. The van der Waals surface area contributed by atoms with Crippen LogP contribution < -0.4 is 5.32 Å². The van der Waals surface area contributed by atoms with Crippen LogP contribution >= 0.6 is 0 Å². The van der Waals surface area contributed by atoms with E-state index >= 15 is 0 Å². The van der Waals surface area contributed by atoms with Crippen molar-refractivity contribution in [3.8, 4) is 6.07 Å². The molecule has 1 N–H and O–H groups in total. The number of benzene rings is 1. The summed E-state index contributed by atoms with van der Waals surface area (Å²) in [4.78, 5) is 14.7. The van der Waals surface area contributed by atoms with Crippen LogP contribution in [0.3, 0.4) is 0 Å². The van der Waals surface area contributed by atoms with Gasteiger partial charge in [-0.15, -0.1) is 0 Å². The van der Waals surface area contributed by atoms with Gasteiger partial charge in [0.2, 0.25) is 0 Å². The normalized spacial score (nSPS) is 18.8. The lowest BCUT2D eigenvalue weighted by molar-refractivity contribution is -0.117. The molecular formula is C23H27N3O3. The van der Waals surface area contributed by atoms with Gasteiger partial charge in [0, 0.05) is 32.4 Å². The molecule has 1 heterocycles. The lowest BCUT2D eigenvalue weighted by Gasteiger charge is -2.31. The van der Waals surface area contributed by atoms with Gasteiger partial charge in [-0.05, 0) is 41.7 Å². The molecule has 1 saturated heterocycles. The summed E-state index contributed by atoms with van der Waals surface area (Å²) in [5.41, 5.74) is 4.68. The molecule has 152 valence electrons. The van der Waals surface area contributed by atoms with Crippen molar-refractivity contribution in [1.29, 1.82) is 5.26 Å². The van der Waals surface area contributed by atoms with Crippen molar-refractivity contribution in [1.82, 2.24) is 10.2 Å². The Bertz CT molecular complexity index is 844. The van der Waals surface area contributed by atoms with Crippen molar-refractivity contribution in [2.24, 2.45) is 0 Å². The Morgan fingerprint density at radius 1 is 1.28 bits per heavy atom. The molecule has 1 fully saturated rings. The molecule has 1 aliphatic carbocycles. The van der Waals surface area contributed by atoms with Gasteiger partial charge in [0.1, 0.15) is 11.6 Å². The van der Waals surface area contributed by atoms with Crippen molar-refractivity contribution in [2.45, 2.75) is 12.8 Å². The van der Waals surface area contributed by atoms with E-state index in [1.807, 2.05) is 18.2 Å². The molecule has 0 radical (unpaired) electrons. The largest absolute Gasteiger partial charge is 0.383 e. The third-order valence-electron chi connectivity index (χ3n) is 5.02. The number of hydrogen-bond acceptors (Lipinski definition) is 5. The summed E-state index contributed by atoms with van der Waals surface area (Å²) in [6.45, 7) is 3.77. The average molecular weight is 393 g/mol. The van der Waals surface area contributed by atoms with Gasteiger partial charge in [0.15, 0.2) is 0 Å². The highest BCUT2D eigenvalue weighted by Gasteiger charge is 2.26. The van der Waals surface area contributed by atoms with Gasteiger partial charge in [-0.3, -0.25) is 4.79 Å². The Morgan fingerprint density at radius 2 is 2.03 bits per heavy atom. The Balaban J connectivity index is 1.93. The molecule has 0 atom stereocenters. The van der Waals surface area contributed by atoms with Gasteiger partial charge < -0.3 is 19.7 Å². The summed E-state index contributed by atoms with van der Waals surface area (Å²) in [6.07, 6.45) is 5.65. The molecule has 0 unspecified atom stereocenters. The molecule has 6 heteroatoms. The van der Waals surface area contributed by atoms with Crippen LogP contribution in [0.15, 0.2) is 58.8 Å². The van der Waals surface area contributed by atoms with Gasteiger partial charge in [-0.25, -0.2) is 0 Å². The Labute approximate surface area is 172 Å². The minimum atomic E-state index is -0.362. The number of nitrogens with zero attached hydrogens (tertiary/aromatic N) is 2. The van der Waals surface area contributed by atoms with Crippen LogP contribution in [0.25, 0.3) is 6.08 Å². The van der Waals surface area contributed by atoms with Gasteiger partial charge in [0.05, 0.1) is 19.8 Å². The molecule has 1 amide bonds. The zero-order chi connectivity index (χ0) is 20.5. The van der Waals surface area contributed by atoms with Gasteiger partial charge >= 0.3 is 0 Å². The monoisotopic (exact) mass is 393 g/mol. The molecule has 1 aromatic carbocycles. The maximum Gasteiger partial charge on any atom is 0.262 e. The van der Waals surface area contributed by atoms with Gasteiger partial charge in [-0.2, -0.15) is 5.26 Å². The molecule has 3 rings (SSSR count). The Kier molecular flexibility index (Phi) is 7.62. The highest BCUT2D eigenvalue weighted by molar-refractivity contribution is 5.97. The van der Waals surface area contributed by atoms with Crippen LogP contribution in [0, 0.1) is 11.3 Å². The fraction of sp³-hybridized carbons (Fsp3) is 0.391. The van der Waals surface area contributed by atoms with E-state index < -0.39 is 0 Å². The lowest BCUT2D eigenvalue weighted by atomic mass is 10.1. The van der Waals surface area contributed by atoms with Crippen molar-refractivity contribution in [3.05, 3.63) is 64.4 Å². The number of carbonyl (C=O) groups excluding carboxylic acids is 1. The minimum absolute atomic E-state index is 0.128. The van der Waals surface area contributed by atoms with Crippen LogP contribution in [0.2, 0.25) is 0 Å². The summed E-state index contributed by atoms with van der Waals surface area (Å²) in [6, 6.07) is 12.3. The summed E-state index contributed by atoms with van der Waals surface area (Å²) < 4.78 is 10.5. The summed E-state index contributed by atoms with van der Waals surface area (Å²) in [5.74, 6) is -0.362. The topological polar surface area (TPSA) is 74.6 Å². The van der Waals surface area contributed by atoms with E-state index in [9.17, 15) is 10.1 Å². The molecular weight excluding hydrogens is 366 g/mol. The lowest BCUT2D eigenvalue weighted by Crippen LogP contribution is -2.36. The number of rotatable bonds is 7. The number of ether oxygens (including phenoxy) is 2. The second-order valence-corrected chi connectivity index (χ2v) is 6.97. The summed E-state index contributed by atoms with van der Waals surface area (Å²) in [5, 5.41) is 12.3. The fourth-order valence-electron chi connectivity index (χ4n) is 3.62. The summed E-state index contributed by atoms with van der Waals surface area (Å²) in [7, 11) is 1.58. The predicted octanol–water partition coefficient (Wildman–Crippen LogP) is 2.66. The Hall–Kier alpha value is -2.88.